The average Bonchev–Trinajstić information content (AvgIpc) is 3.52. The molecule has 0 bridgehead atoms. The van der Waals surface area contributed by atoms with Gasteiger partial charge in [-0.2, -0.15) is 0 Å². The Bertz CT molecular complexity index is 1510. The largest absolute Gasteiger partial charge is 0.493 e. The molecule has 4 rings (SSSR count). The smallest absolute Gasteiger partial charge is 0.264 e. The summed E-state index contributed by atoms with van der Waals surface area (Å²) >= 11 is 0. The summed E-state index contributed by atoms with van der Waals surface area (Å²) in [5.41, 5.74) is 2.10. The molecular formula is C33H41N3O6S. The molecule has 1 aliphatic rings. The molecule has 1 saturated carbocycles. The molecule has 1 N–H and O–H groups in total. The second kappa shape index (κ2) is 14.4. The first-order valence-electron chi connectivity index (χ1n) is 14.6. The number of carbonyl (C=O) groups is 2. The van der Waals surface area contributed by atoms with Crippen molar-refractivity contribution in [1.82, 2.24) is 10.2 Å². The van der Waals surface area contributed by atoms with Crippen molar-refractivity contribution in [3.63, 3.8) is 0 Å². The highest BCUT2D eigenvalue weighted by molar-refractivity contribution is 7.92. The van der Waals surface area contributed by atoms with Crippen molar-refractivity contribution in [2.45, 2.75) is 69.5 Å². The van der Waals surface area contributed by atoms with E-state index in [1.54, 1.807) is 30.3 Å². The van der Waals surface area contributed by atoms with Crippen molar-refractivity contribution in [2.75, 3.05) is 25.1 Å². The van der Waals surface area contributed by atoms with Crippen LogP contribution in [0, 0.1) is 6.92 Å². The van der Waals surface area contributed by atoms with Crippen LogP contribution in [-0.4, -0.2) is 58.0 Å². The summed E-state index contributed by atoms with van der Waals surface area (Å²) in [7, 11) is -1.24. The quantitative estimate of drug-likeness (QED) is 0.291. The number of ether oxygens (including phenoxy) is 2. The van der Waals surface area contributed by atoms with Crippen LogP contribution in [0.5, 0.6) is 11.5 Å². The molecule has 43 heavy (non-hydrogen) atoms. The number of benzene rings is 3. The van der Waals surface area contributed by atoms with Gasteiger partial charge in [0, 0.05) is 18.7 Å². The number of sulfonamides is 1. The number of hydrogen-bond acceptors (Lipinski definition) is 6. The van der Waals surface area contributed by atoms with E-state index in [9.17, 15) is 18.0 Å². The topological polar surface area (TPSA) is 105 Å². The Kier molecular flexibility index (Phi) is 10.7. The van der Waals surface area contributed by atoms with Gasteiger partial charge in [-0.25, -0.2) is 8.42 Å². The van der Waals surface area contributed by atoms with Gasteiger partial charge in [0.2, 0.25) is 11.8 Å². The number of amides is 2. The fourth-order valence-corrected chi connectivity index (χ4v) is 6.95. The van der Waals surface area contributed by atoms with Gasteiger partial charge in [-0.05, 0) is 56.0 Å². The van der Waals surface area contributed by atoms with Crippen LogP contribution >= 0.6 is 0 Å². The summed E-state index contributed by atoms with van der Waals surface area (Å²) in [5, 5.41) is 3.14. The number of nitrogens with one attached hydrogen (secondary N) is 1. The third-order valence-electron chi connectivity index (χ3n) is 7.79. The van der Waals surface area contributed by atoms with Crippen molar-refractivity contribution in [3.05, 3.63) is 83.9 Å². The van der Waals surface area contributed by atoms with Gasteiger partial charge in [0.1, 0.15) is 12.6 Å². The van der Waals surface area contributed by atoms with Crippen molar-refractivity contribution in [3.8, 4) is 11.5 Å². The Morgan fingerprint density at radius 3 is 2.26 bits per heavy atom. The normalized spacial score (nSPS) is 14.1. The second-order valence-corrected chi connectivity index (χ2v) is 12.7. The third-order valence-corrected chi connectivity index (χ3v) is 9.58. The first-order chi connectivity index (χ1) is 20.7. The SMILES string of the molecule is CC[C@@H](C(=O)NC1CCCC1)N(Cc1cccc(C)c1)C(=O)CN(c1ccc(OC)c(OC)c1)S(=O)(=O)c1ccccc1. The number of rotatable bonds is 13. The molecule has 0 aromatic heterocycles. The first-order valence-corrected chi connectivity index (χ1v) is 16.1. The highest BCUT2D eigenvalue weighted by atomic mass is 32.2. The van der Waals surface area contributed by atoms with Crippen molar-refractivity contribution < 1.29 is 27.5 Å². The van der Waals surface area contributed by atoms with Crippen molar-refractivity contribution in [2.24, 2.45) is 0 Å². The van der Waals surface area contributed by atoms with Gasteiger partial charge >= 0.3 is 0 Å². The van der Waals surface area contributed by atoms with E-state index in [0.29, 0.717) is 17.9 Å². The van der Waals surface area contributed by atoms with Gasteiger partial charge in [-0.1, -0.05) is 67.8 Å². The zero-order valence-corrected chi connectivity index (χ0v) is 26.1. The van der Waals surface area contributed by atoms with Crippen LogP contribution in [0.25, 0.3) is 0 Å². The van der Waals surface area contributed by atoms with Crippen LogP contribution in [0.15, 0.2) is 77.7 Å². The fourth-order valence-electron chi connectivity index (χ4n) is 5.52. The Balaban J connectivity index is 1.75. The predicted octanol–water partition coefficient (Wildman–Crippen LogP) is 5.07. The van der Waals surface area contributed by atoms with Gasteiger partial charge in [-0.15, -0.1) is 0 Å². The fraction of sp³-hybridized carbons (Fsp3) is 0.394. The second-order valence-electron chi connectivity index (χ2n) is 10.8. The minimum atomic E-state index is -4.19. The van der Waals surface area contributed by atoms with Crippen LogP contribution < -0.4 is 19.1 Å². The Morgan fingerprint density at radius 2 is 1.63 bits per heavy atom. The maximum atomic E-state index is 14.3. The van der Waals surface area contributed by atoms with E-state index in [4.69, 9.17) is 9.47 Å². The molecule has 0 radical (unpaired) electrons. The van der Waals surface area contributed by atoms with Gasteiger partial charge < -0.3 is 19.7 Å². The number of carbonyl (C=O) groups excluding carboxylic acids is 2. The summed E-state index contributed by atoms with van der Waals surface area (Å²) < 4.78 is 40.0. The molecule has 0 heterocycles. The van der Waals surface area contributed by atoms with E-state index in [-0.39, 0.29) is 29.1 Å². The molecule has 0 saturated heterocycles. The van der Waals surface area contributed by atoms with Crippen LogP contribution in [0.1, 0.15) is 50.2 Å². The number of methoxy groups -OCH3 is 2. The van der Waals surface area contributed by atoms with Gasteiger partial charge in [0.25, 0.3) is 10.0 Å². The summed E-state index contributed by atoms with van der Waals surface area (Å²) in [4.78, 5) is 29.4. The highest BCUT2D eigenvalue weighted by Crippen LogP contribution is 2.34. The molecule has 3 aromatic rings. The van der Waals surface area contributed by atoms with Crippen molar-refractivity contribution >= 4 is 27.5 Å². The maximum absolute atomic E-state index is 14.3. The van der Waals surface area contributed by atoms with E-state index >= 15 is 0 Å². The lowest BCUT2D eigenvalue weighted by atomic mass is 10.1. The number of aryl methyl sites for hydroxylation is 1. The van der Waals surface area contributed by atoms with Crippen LogP contribution in [0.4, 0.5) is 5.69 Å². The summed E-state index contributed by atoms with van der Waals surface area (Å²) in [5.74, 6) is 0.0215. The van der Waals surface area contributed by atoms with Crippen molar-refractivity contribution in [1.29, 1.82) is 0 Å². The molecule has 1 aliphatic carbocycles. The molecule has 0 spiro atoms. The lowest BCUT2D eigenvalue weighted by molar-refractivity contribution is -0.140. The van der Waals surface area contributed by atoms with E-state index in [2.05, 4.69) is 5.32 Å². The summed E-state index contributed by atoms with van der Waals surface area (Å²) in [6.07, 6.45) is 4.32. The average molecular weight is 608 g/mol. The number of hydrogen-bond donors (Lipinski definition) is 1. The maximum Gasteiger partial charge on any atom is 0.264 e. The summed E-state index contributed by atoms with van der Waals surface area (Å²) in [6.45, 7) is 3.46. The van der Waals surface area contributed by atoms with E-state index in [0.717, 1.165) is 41.1 Å². The Morgan fingerprint density at radius 1 is 0.930 bits per heavy atom. The lowest BCUT2D eigenvalue weighted by Crippen LogP contribution is -2.53. The molecule has 0 aliphatic heterocycles. The molecule has 0 unspecified atom stereocenters. The van der Waals surface area contributed by atoms with Gasteiger partial charge in [0.05, 0.1) is 24.8 Å². The monoisotopic (exact) mass is 607 g/mol. The molecule has 230 valence electrons. The molecule has 10 heteroatoms. The molecule has 1 atom stereocenters. The summed E-state index contributed by atoms with van der Waals surface area (Å²) in [6, 6.07) is 19.7. The molecule has 2 amide bonds. The molecule has 3 aromatic carbocycles. The zero-order chi connectivity index (χ0) is 31.0. The van der Waals surface area contributed by atoms with E-state index in [1.165, 1.54) is 37.3 Å². The zero-order valence-electron chi connectivity index (χ0n) is 25.3. The first kappa shape index (κ1) is 31.9. The third kappa shape index (κ3) is 7.67. The molecule has 9 nitrogen and oxygen atoms in total. The molecular weight excluding hydrogens is 566 g/mol. The Labute approximate surface area is 254 Å². The van der Waals surface area contributed by atoms with Gasteiger partial charge in [0.15, 0.2) is 11.5 Å². The van der Waals surface area contributed by atoms with Crippen LogP contribution in [0.2, 0.25) is 0 Å². The minimum absolute atomic E-state index is 0.0360. The van der Waals surface area contributed by atoms with Crippen LogP contribution in [0.3, 0.4) is 0 Å². The number of nitrogens with zero attached hydrogens (tertiary/aromatic N) is 2. The predicted molar refractivity (Wildman–Crippen MR) is 167 cm³/mol. The van der Waals surface area contributed by atoms with E-state index < -0.39 is 28.5 Å². The van der Waals surface area contributed by atoms with E-state index in [1.807, 2.05) is 38.1 Å². The standard InChI is InChI=1S/C33H41N3O6S/c1-5-29(33(38)34-26-14-9-10-15-26)35(22-25-13-11-12-24(2)20-25)32(37)23-36(43(39,40)28-16-7-6-8-17-28)27-18-19-30(41-3)31(21-27)42-4/h6-8,11-13,16-21,26,29H,5,9-10,14-15,22-23H2,1-4H3,(H,34,38)/t29-/m0/s1. The highest BCUT2D eigenvalue weighted by Gasteiger charge is 2.35. The lowest BCUT2D eigenvalue weighted by Gasteiger charge is -2.34. The Hall–Kier alpha value is -4.05. The molecule has 1 fully saturated rings. The number of anilines is 1. The van der Waals surface area contributed by atoms with Gasteiger partial charge in [-0.3, -0.25) is 13.9 Å². The van der Waals surface area contributed by atoms with Crippen LogP contribution in [-0.2, 0) is 26.2 Å². The minimum Gasteiger partial charge on any atom is -0.493 e.